The maximum Gasteiger partial charge on any atom is 0.252 e. The van der Waals surface area contributed by atoms with Crippen LogP contribution in [-0.4, -0.2) is 53.4 Å². The number of amides is 1. The van der Waals surface area contributed by atoms with Gasteiger partial charge in [-0.15, -0.1) is 0 Å². The number of hydrogen-bond donors (Lipinski definition) is 1. The Morgan fingerprint density at radius 3 is 3.00 bits per heavy atom. The van der Waals surface area contributed by atoms with Crippen LogP contribution < -0.4 is 5.56 Å². The highest BCUT2D eigenvalue weighted by molar-refractivity contribution is 5.76. The minimum Gasteiger partial charge on any atom is -0.342 e. The van der Waals surface area contributed by atoms with Crippen LogP contribution in [0.5, 0.6) is 0 Å². The molecular formula is C19H23N7O2. The van der Waals surface area contributed by atoms with Crippen molar-refractivity contribution < 1.29 is 4.79 Å². The molecule has 1 amide bonds. The summed E-state index contributed by atoms with van der Waals surface area (Å²) >= 11 is 0. The topological polar surface area (TPSA) is 109 Å². The van der Waals surface area contributed by atoms with Crippen molar-refractivity contribution >= 4 is 11.7 Å². The molecule has 146 valence electrons. The van der Waals surface area contributed by atoms with E-state index in [0.29, 0.717) is 25.2 Å². The van der Waals surface area contributed by atoms with Gasteiger partial charge in [-0.1, -0.05) is 0 Å². The number of piperidine rings is 1. The predicted molar refractivity (Wildman–Crippen MR) is 102 cm³/mol. The molecule has 9 nitrogen and oxygen atoms in total. The lowest BCUT2D eigenvalue weighted by atomic mass is 9.94. The lowest BCUT2D eigenvalue weighted by Gasteiger charge is -2.32. The van der Waals surface area contributed by atoms with Crippen LogP contribution in [0.3, 0.4) is 0 Å². The maximum absolute atomic E-state index is 12.8. The Kier molecular flexibility index (Phi) is 4.89. The lowest BCUT2D eigenvalue weighted by Crippen LogP contribution is -2.39. The van der Waals surface area contributed by atoms with E-state index in [1.807, 2.05) is 18.7 Å². The Morgan fingerprint density at radius 1 is 1.32 bits per heavy atom. The SMILES string of the molecule is Cc1nc2ncnn2c(C)c1CCC(=O)N1CCC[C@H](c2cc(=O)[nH]cn2)C1. The summed E-state index contributed by atoms with van der Waals surface area (Å²) in [5.74, 6) is 0.804. The number of rotatable bonds is 4. The number of H-pyrrole nitrogens is 1. The molecule has 0 saturated carbocycles. The van der Waals surface area contributed by atoms with Crippen molar-refractivity contribution in [1.29, 1.82) is 0 Å². The number of nitrogens with one attached hydrogen (secondary N) is 1. The summed E-state index contributed by atoms with van der Waals surface area (Å²) in [5.41, 5.74) is 3.49. The molecular weight excluding hydrogens is 358 g/mol. The monoisotopic (exact) mass is 381 g/mol. The van der Waals surface area contributed by atoms with Gasteiger partial charge in [-0.3, -0.25) is 9.59 Å². The van der Waals surface area contributed by atoms with Crippen molar-refractivity contribution in [2.24, 2.45) is 0 Å². The summed E-state index contributed by atoms with van der Waals surface area (Å²) < 4.78 is 1.71. The molecule has 0 unspecified atom stereocenters. The molecule has 0 aliphatic carbocycles. The van der Waals surface area contributed by atoms with E-state index in [9.17, 15) is 9.59 Å². The van der Waals surface area contributed by atoms with E-state index in [-0.39, 0.29) is 17.4 Å². The van der Waals surface area contributed by atoms with E-state index >= 15 is 0 Å². The molecule has 0 spiro atoms. The smallest absolute Gasteiger partial charge is 0.252 e. The van der Waals surface area contributed by atoms with Gasteiger partial charge < -0.3 is 9.88 Å². The number of aromatic nitrogens is 6. The fourth-order valence-corrected chi connectivity index (χ4v) is 3.96. The second-order valence-electron chi connectivity index (χ2n) is 7.25. The summed E-state index contributed by atoms with van der Waals surface area (Å²) in [5, 5.41) is 4.20. The van der Waals surface area contributed by atoms with E-state index in [2.05, 4.69) is 25.0 Å². The highest BCUT2D eigenvalue weighted by Gasteiger charge is 2.26. The van der Waals surface area contributed by atoms with Gasteiger partial charge in [-0.2, -0.15) is 10.1 Å². The quantitative estimate of drug-likeness (QED) is 0.726. The maximum atomic E-state index is 12.8. The van der Waals surface area contributed by atoms with Crippen LogP contribution in [0.4, 0.5) is 0 Å². The average Bonchev–Trinajstić information content (AvgIpc) is 3.16. The van der Waals surface area contributed by atoms with Gasteiger partial charge in [0.15, 0.2) is 0 Å². The van der Waals surface area contributed by atoms with E-state index < -0.39 is 0 Å². The Balaban J connectivity index is 1.44. The normalized spacial score (nSPS) is 17.2. The van der Waals surface area contributed by atoms with Crippen LogP contribution in [0.15, 0.2) is 23.5 Å². The van der Waals surface area contributed by atoms with Crippen LogP contribution >= 0.6 is 0 Å². The Labute approximate surface area is 161 Å². The number of aryl methyl sites for hydroxylation is 2. The molecule has 9 heteroatoms. The van der Waals surface area contributed by atoms with Crippen LogP contribution in [0.25, 0.3) is 5.78 Å². The van der Waals surface area contributed by atoms with Crippen LogP contribution in [0.1, 0.15) is 47.8 Å². The van der Waals surface area contributed by atoms with E-state index in [4.69, 9.17) is 0 Å². The fourth-order valence-electron chi connectivity index (χ4n) is 3.96. The van der Waals surface area contributed by atoms with Crippen molar-refractivity contribution in [1.82, 2.24) is 34.4 Å². The van der Waals surface area contributed by atoms with Gasteiger partial charge in [0, 0.05) is 42.9 Å². The summed E-state index contributed by atoms with van der Waals surface area (Å²) in [6, 6.07) is 1.53. The van der Waals surface area contributed by atoms with Crippen molar-refractivity contribution in [3.63, 3.8) is 0 Å². The zero-order chi connectivity index (χ0) is 19.7. The number of carbonyl (C=O) groups excluding carboxylic acids is 1. The number of likely N-dealkylation sites (tertiary alicyclic amines) is 1. The first kappa shape index (κ1) is 18.3. The third kappa shape index (κ3) is 3.51. The molecule has 3 aromatic heterocycles. The highest BCUT2D eigenvalue weighted by atomic mass is 16.2. The molecule has 4 heterocycles. The van der Waals surface area contributed by atoms with E-state index in [0.717, 1.165) is 42.0 Å². The molecule has 4 rings (SSSR count). The molecule has 28 heavy (non-hydrogen) atoms. The minimum absolute atomic E-state index is 0.108. The third-order valence-electron chi connectivity index (χ3n) is 5.47. The highest BCUT2D eigenvalue weighted by Crippen LogP contribution is 2.25. The van der Waals surface area contributed by atoms with Crippen LogP contribution in [0.2, 0.25) is 0 Å². The van der Waals surface area contributed by atoms with Gasteiger partial charge in [0.2, 0.25) is 5.91 Å². The zero-order valence-corrected chi connectivity index (χ0v) is 16.1. The van der Waals surface area contributed by atoms with E-state index in [1.54, 1.807) is 4.52 Å². The lowest BCUT2D eigenvalue weighted by molar-refractivity contribution is -0.132. The third-order valence-corrected chi connectivity index (χ3v) is 5.47. The number of hydrogen-bond acceptors (Lipinski definition) is 6. The molecule has 1 fully saturated rings. The molecule has 1 aliphatic rings. The van der Waals surface area contributed by atoms with Gasteiger partial charge in [-0.05, 0) is 38.7 Å². The first-order valence-electron chi connectivity index (χ1n) is 9.51. The molecule has 1 N–H and O–H groups in total. The standard InChI is InChI=1S/C19H23N7O2/c1-12-15(13(2)26-19(24-12)22-11-23-26)5-6-18(28)25-7-3-4-14(9-25)16-8-17(27)21-10-20-16/h8,10-11,14H,3-7,9H2,1-2H3,(H,20,21,27)/t14-/m0/s1. The average molecular weight is 381 g/mol. The minimum atomic E-state index is -0.157. The predicted octanol–water partition coefficient (Wildman–Crippen LogP) is 1.16. The number of aromatic amines is 1. The fraction of sp³-hybridized carbons (Fsp3) is 0.474. The van der Waals surface area contributed by atoms with Gasteiger partial charge in [0.1, 0.15) is 6.33 Å². The van der Waals surface area contributed by atoms with Gasteiger partial charge in [-0.25, -0.2) is 14.5 Å². The second kappa shape index (κ2) is 7.49. The number of fused-ring (bicyclic) bond motifs is 1. The first-order chi connectivity index (χ1) is 13.5. The Hall–Kier alpha value is -3.10. The molecule has 0 bridgehead atoms. The molecule has 1 saturated heterocycles. The summed E-state index contributed by atoms with van der Waals surface area (Å²) in [4.78, 5) is 41.7. The van der Waals surface area contributed by atoms with Crippen LogP contribution in [0, 0.1) is 13.8 Å². The second-order valence-corrected chi connectivity index (χ2v) is 7.25. The number of carbonyl (C=O) groups is 1. The van der Waals surface area contributed by atoms with Crippen molar-refractivity contribution in [2.45, 2.75) is 45.4 Å². The van der Waals surface area contributed by atoms with Crippen LogP contribution in [-0.2, 0) is 11.2 Å². The Morgan fingerprint density at radius 2 is 2.18 bits per heavy atom. The molecule has 0 radical (unpaired) electrons. The molecule has 1 aliphatic heterocycles. The molecule has 1 atom stereocenters. The first-order valence-corrected chi connectivity index (χ1v) is 9.51. The van der Waals surface area contributed by atoms with Gasteiger partial charge >= 0.3 is 0 Å². The molecule has 3 aromatic rings. The van der Waals surface area contributed by atoms with Gasteiger partial charge in [0.05, 0.1) is 12.0 Å². The summed E-state index contributed by atoms with van der Waals surface area (Å²) in [6.07, 6.45) is 5.79. The van der Waals surface area contributed by atoms with Crippen molar-refractivity contribution in [3.05, 3.63) is 51.7 Å². The summed E-state index contributed by atoms with van der Waals surface area (Å²) in [7, 11) is 0. The van der Waals surface area contributed by atoms with Crippen molar-refractivity contribution in [2.75, 3.05) is 13.1 Å². The van der Waals surface area contributed by atoms with Gasteiger partial charge in [0.25, 0.3) is 11.3 Å². The Bertz CT molecular complexity index is 1070. The largest absolute Gasteiger partial charge is 0.342 e. The van der Waals surface area contributed by atoms with E-state index in [1.165, 1.54) is 18.7 Å². The number of nitrogens with zero attached hydrogens (tertiary/aromatic N) is 6. The molecule has 0 aromatic carbocycles. The summed E-state index contributed by atoms with van der Waals surface area (Å²) in [6.45, 7) is 5.27. The van der Waals surface area contributed by atoms with Crippen molar-refractivity contribution in [3.8, 4) is 0 Å². The zero-order valence-electron chi connectivity index (χ0n) is 16.1.